The zero-order valence-electron chi connectivity index (χ0n) is 14.5. The van der Waals surface area contributed by atoms with Crippen molar-refractivity contribution in [2.75, 3.05) is 31.5 Å². The largest absolute Gasteiger partial charge is 0.310 e. The van der Waals surface area contributed by atoms with Gasteiger partial charge in [-0.2, -0.15) is 17.0 Å². The fraction of sp³-hybridized carbons (Fsp3) is 0.625. The second kappa shape index (κ2) is 8.04. The molecule has 0 radical (unpaired) electrons. The van der Waals surface area contributed by atoms with Crippen LogP contribution in [0.5, 0.6) is 0 Å². The maximum absolute atomic E-state index is 12.5. The number of piperidine rings is 1. The zero-order valence-corrected chi connectivity index (χ0v) is 15.3. The second-order valence-electron chi connectivity index (χ2n) is 5.97. The minimum absolute atomic E-state index is 0.0898. The van der Waals surface area contributed by atoms with Gasteiger partial charge in [-0.15, -0.1) is 0 Å². The molecule has 0 bridgehead atoms. The molecule has 0 aromatic carbocycles. The summed E-state index contributed by atoms with van der Waals surface area (Å²) in [4.78, 5) is 16.5. The van der Waals surface area contributed by atoms with Crippen LogP contribution in [0, 0.1) is 12.8 Å². The van der Waals surface area contributed by atoms with Gasteiger partial charge in [-0.25, -0.2) is 4.98 Å². The SMILES string of the molecule is CCN(CC)S(=O)(=O)N1CCC(C(=O)Nc2cc(C)ccn2)CC1. The fourth-order valence-electron chi connectivity index (χ4n) is 2.89. The molecule has 1 aliphatic rings. The van der Waals surface area contributed by atoms with Crippen LogP contribution in [0.25, 0.3) is 0 Å². The lowest BCUT2D eigenvalue weighted by Gasteiger charge is -2.33. The zero-order chi connectivity index (χ0) is 17.7. The second-order valence-corrected chi connectivity index (χ2v) is 7.90. The van der Waals surface area contributed by atoms with Gasteiger partial charge >= 0.3 is 0 Å². The highest BCUT2D eigenvalue weighted by atomic mass is 32.2. The molecule has 2 rings (SSSR count). The number of anilines is 1. The van der Waals surface area contributed by atoms with Gasteiger partial charge in [0.2, 0.25) is 5.91 Å². The number of amides is 1. The molecule has 2 heterocycles. The Morgan fingerprint density at radius 3 is 2.50 bits per heavy atom. The average molecular weight is 354 g/mol. The molecule has 0 atom stereocenters. The van der Waals surface area contributed by atoms with Crippen molar-refractivity contribution in [3.8, 4) is 0 Å². The van der Waals surface area contributed by atoms with E-state index in [4.69, 9.17) is 0 Å². The molecule has 1 aromatic heterocycles. The Morgan fingerprint density at radius 2 is 1.96 bits per heavy atom. The predicted octanol–water partition coefficient (Wildman–Crippen LogP) is 1.63. The minimum atomic E-state index is -3.42. The Hall–Kier alpha value is -1.51. The van der Waals surface area contributed by atoms with Crippen LogP contribution in [0.2, 0.25) is 0 Å². The molecule has 1 aliphatic heterocycles. The smallest absolute Gasteiger partial charge is 0.281 e. The molecule has 0 spiro atoms. The number of hydrogen-bond donors (Lipinski definition) is 1. The molecule has 0 saturated carbocycles. The number of carbonyl (C=O) groups is 1. The number of pyridine rings is 1. The van der Waals surface area contributed by atoms with Crippen molar-refractivity contribution < 1.29 is 13.2 Å². The van der Waals surface area contributed by atoms with Gasteiger partial charge in [0.1, 0.15) is 5.82 Å². The molecule has 24 heavy (non-hydrogen) atoms. The van der Waals surface area contributed by atoms with Crippen molar-refractivity contribution in [1.82, 2.24) is 13.6 Å². The fourth-order valence-corrected chi connectivity index (χ4v) is 4.55. The number of hydrogen-bond acceptors (Lipinski definition) is 4. The van der Waals surface area contributed by atoms with Crippen LogP contribution in [0.1, 0.15) is 32.3 Å². The summed E-state index contributed by atoms with van der Waals surface area (Å²) in [5.74, 6) is 0.265. The summed E-state index contributed by atoms with van der Waals surface area (Å²) in [5, 5.41) is 2.82. The third-order valence-electron chi connectivity index (χ3n) is 4.35. The average Bonchev–Trinajstić information content (AvgIpc) is 2.56. The van der Waals surface area contributed by atoms with Gasteiger partial charge in [-0.1, -0.05) is 13.8 Å². The maximum atomic E-state index is 12.5. The minimum Gasteiger partial charge on any atom is -0.310 e. The summed E-state index contributed by atoms with van der Waals surface area (Å²) in [6.45, 7) is 7.26. The number of carbonyl (C=O) groups excluding carboxylic acids is 1. The molecule has 134 valence electrons. The Labute approximate surface area is 144 Å². The molecule has 1 N–H and O–H groups in total. The van der Waals surface area contributed by atoms with E-state index in [0.29, 0.717) is 44.8 Å². The summed E-state index contributed by atoms with van der Waals surface area (Å²) in [6.07, 6.45) is 2.71. The molecule has 1 amide bonds. The van der Waals surface area contributed by atoms with E-state index in [9.17, 15) is 13.2 Å². The van der Waals surface area contributed by atoms with Gasteiger partial charge in [0.15, 0.2) is 0 Å². The van der Waals surface area contributed by atoms with E-state index in [1.165, 1.54) is 8.61 Å². The molecule has 0 unspecified atom stereocenters. The van der Waals surface area contributed by atoms with Gasteiger partial charge in [0.05, 0.1) is 0 Å². The van der Waals surface area contributed by atoms with Gasteiger partial charge < -0.3 is 5.32 Å². The Kier molecular flexibility index (Phi) is 6.31. The summed E-state index contributed by atoms with van der Waals surface area (Å²) in [5.41, 5.74) is 1.03. The third-order valence-corrected chi connectivity index (χ3v) is 6.54. The Bertz CT molecular complexity index is 666. The van der Waals surface area contributed by atoms with E-state index in [-0.39, 0.29) is 11.8 Å². The molecule has 0 aliphatic carbocycles. The molecule has 1 fully saturated rings. The first-order valence-corrected chi connectivity index (χ1v) is 9.77. The van der Waals surface area contributed by atoms with Gasteiger partial charge in [0.25, 0.3) is 10.2 Å². The molecular formula is C16H26N4O3S. The van der Waals surface area contributed by atoms with Crippen LogP contribution in [-0.2, 0) is 15.0 Å². The Balaban J connectivity index is 1.93. The van der Waals surface area contributed by atoms with E-state index in [1.807, 2.05) is 32.9 Å². The lowest BCUT2D eigenvalue weighted by molar-refractivity contribution is -0.120. The van der Waals surface area contributed by atoms with E-state index < -0.39 is 10.2 Å². The topological polar surface area (TPSA) is 82.6 Å². The van der Waals surface area contributed by atoms with E-state index >= 15 is 0 Å². The molecule has 7 nitrogen and oxygen atoms in total. The summed E-state index contributed by atoms with van der Waals surface area (Å²) in [6, 6.07) is 3.68. The summed E-state index contributed by atoms with van der Waals surface area (Å²) < 4.78 is 27.9. The predicted molar refractivity (Wildman–Crippen MR) is 93.7 cm³/mol. The first-order valence-electron chi connectivity index (χ1n) is 8.37. The summed E-state index contributed by atoms with van der Waals surface area (Å²) >= 11 is 0. The van der Waals surface area contributed by atoms with E-state index in [0.717, 1.165) is 5.56 Å². The normalized spacial score (nSPS) is 17.2. The van der Waals surface area contributed by atoms with Crippen molar-refractivity contribution in [2.45, 2.75) is 33.6 Å². The van der Waals surface area contributed by atoms with Crippen molar-refractivity contribution in [3.63, 3.8) is 0 Å². The van der Waals surface area contributed by atoms with Crippen LogP contribution in [0.15, 0.2) is 18.3 Å². The van der Waals surface area contributed by atoms with Crippen molar-refractivity contribution in [2.24, 2.45) is 5.92 Å². The van der Waals surface area contributed by atoms with Gasteiger partial charge in [-0.05, 0) is 37.5 Å². The highest BCUT2D eigenvalue weighted by Crippen LogP contribution is 2.22. The number of nitrogens with zero attached hydrogens (tertiary/aromatic N) is 3. The molecule has 8 heteroatoms. The first-order chi connectivity index (χ1) is 11.4. The number of aryl methyl sites for hydroxylation is 1. The Morgan fingerprint density at radius 1 is 1.33 bits per heavy atom. The van der Waals surface area contributed by atoms with Crippen LogP contribution < -0.4 is 5.32 Å². The lowest BCUT2D eigenvalue weighted by Crippen LogP contribution is -2.48. The third kappa shape index (κ3) is 4.31. The monoisotopic (exact) mass is 354 g/mol. The van der Waals surface area contributed by atoms with Crippen molar-refractivity contribution in [1.29, 1.82) is 0 Å². The number of nitrogens with one attached hydrogen (secondary N) is 1. The van der Waals surface area contributed by atoms with Crippen LogP contribution in [-0.4, -0.2) is 54.1 Å². The highest BCUT2D eigenvalue weighted by Gasteiger charge is 2.33. The maximum Gasteiger partial charge on any atom is 0.281 e. The van der Waals surface area contributed by atoms with E-state index in [2.05, 4.69) is 10.3 Å². The molecule has 1 saturated heterocycles. The van der Waals surface area contributed by atoms with Crippen LogP contribution in [0.3, 0.4) is 0 Å². The molecular weight excluding hydrogens is 328 g/mol. The number of rotatable bonds is 6. The highest BCUT2D eigenvalue weighted by molar-refractivity contribution is 7.86. The number of aromatic nitrogens is 1. The van der Waals surface area contributed by atoms with Gasteiger partial charge in [0, 0.05) is 38.3 Å². The quantitative estimate of drug-likeness (QED) is 0.842. The van der Waals surface area contributed by atoms with Gasteiger partial charge in [-0.3, -0.25) is 4.79 Å². The first kappa shape index (κ1) is 18.8. The van der Waals surface area contributed by atoms with E-state index in [1.54, 1.807) is 6.20 Å². The molecule has 1 aromatic rings. The van der Waals surface area contributed by atoms with Crippen LogP contribution >= 0.6 is 0 Å². The lowest BCUT2D eigenvalue weighted by atomic mass is 9.97. The van der Waals surface area contributed by atoms with Crippen molar-refractivity contribution >= 4 is 21.9 Å². The van der Waals surface area contributed by atoms with Crippen molar-refractivity contribution in [3.05, 3.63) is 23.9 Å². The van der Waals surface area contributed by atoms with Crippen LogP contribution in [0.4, 0.5) is 5.82 Å². The standard InChI is InChI=1S/C16H26N4O3S/c1-4-19(5-2)24(22,23)20-10-7-14(8-11-20)16(21)18-15-12-13(3)6-9-17-15/h6,9,12,14H,4-5,7-8,10-11H2,1-3H3,(H,17,18,21). The summed E-state index contributed by atoms with van der Waals surface area (Å²) in [7, 11) is -3.42.